The Morgan fingerprint density at radius 1 is 1.20 bits per heavy atom. The van der Waals surface area contributed by atoms with Crippen molar-refractivity contribution in [1.29, 1.82) is 0 Å². The summed E-state index contributed by atoms with van der Waals surface area (Å²) >= 11 is 0. The second kappa shape index (κ2) is 7.79. The van der Waals surface area contributed by atoms with Crippen LogP contribution < -0.4 is 9.47 Å². The third-order valence-electron chi connectivity index (χ3n) is 4.01. The van der Waals surface area contributed by atoms with Crippen LogP contribution in [0.5, 0.6) is 11.6 Å². The summed E-state index contributed by atoms with van der Waals surface area (Å²) in [5.74, 6) is 0.905. The largest absolute Gasteiger partial charge is 0.492 e. The van der Waals surface area contributed by atoms with E-state index < -0.39 is 10.0 Å². The van der Waals surface area contributed by atoms with E-state index in [1.807, 2.05) is 6.92 Å². The van der Waals surface area contributed by atoms with E-state index in [1.54, 1.807) is 36.5 Å². The number of hydrogen-bond donors (Lipinski definition) is 0. The zero-order valence-corrected chi connectivity index (χ0v) is 14.9. The van der Waals surface area contributed by atoms with Crippen LogP contribution >= 0.6 is 0 Å². The Balaban J connectivity index is 1.68. The maximum atomic E-state index is 12.9. The van der Waals surface area contributed by atoms with Crippen molar-refractivity contribution in [2.24, 2.45) is 0 Å². The zero-order chi connectivity index (χ0) is 17.7. The third-order valence-corrected chi connectivity index (χ3v) is 5.95. The van der Waals surface area contributed by atoms with E-state index in [1.165, 1.54) is 10.6 Å². The van der Waals surface area contributed by atoms with E-state index in [-0.39, 0.29) is 11.0 Å². The van der Waals surface area contributed by atoms with Crippen LogP contribution in [-0.2, 0) is 10.0 Å². The van der Waals surface area contributed by atoms with Gasteiger partial charge in [-0.2, -0.15) is 4.31 Å². The number of benzene rings is 1. The first kappa shape index (κ1) is 17.6. The maximum Gasteiger partial charge on any atom is 0.246 e. The number of ether oxygens (including phenoxy) is 2. The Morgan fingerprint density at radius 3 is 2.64 bits per heavy atom. The molecule has 1 aliphatic rings. The summed E-state index contributed by atoms with van der Waals surface area (Å²) in [6, 6.07) is 8.44. The summed E-state index contributed by atoms with van der Waals surface area (Å²) in [7, 11) is -3.58. The molecule has 1 fully saturated rings. The van der Waals surface area contributed by atoms with E-state index in [0.29, 0.717) is 44.2 Å². The van der Waals surface area contributed by atoms with Gasteiger partial charge in [0.15, 0.2) is 0 Å². The van der Waals surface area contributed by atoms with Crippen molar-refractivity contribution in [1.82, 2.24) is 14.3 Å². The average molecular weight is 363 g/mol. The highest BCUT2D eigenvalue weighted by molar-refractivity contribution is 7.89. The number of rotatable bonds is 6. The van der Waals surface area contributed by atoms with Gasteiger partial charge in [-0.05, 0) is 31.9 Å². The van der Waals surface area contributed by atoms with E-state index in [9.17, 15) is 8.42 Å². The normalized spacial score (nSPS) is 16.5. The lowest BCUT2D eigenvalue weighted by molar-refractivity contribution is 0.129. The maximum absolute atomic E-state index is 12.9. The SMILES string of the molecule is CCOc1ccccc1S(=O)(=O)N1CCC(Oc2ccncn2)CC1. The van der Waals surface area contributed by atoms with Gasteiger partial charge in [0.05, 0.1) is 6.61 Å². The molecule has 2 aromatic rings. The van der Waals surface area contributed by atoms with Gasteiger partial charge in [-0.1, -0.05) is 12.1 Å². The monoisotopic (exact) mass is 363 g/mol. The molecule has 1 aromatic heterocycles. The van der Waals surface area contributed by atoms with Crippen LogP contribution in [0.25, 0.3) is 0 Å². The van der Waals surface area contributed by atoms with Gasteiger partial charge in [0.1, 0.15) is 23.1 Å². The molecule has 0 atom stereocenters. The minimum absolute atomic E-state index is 0.0523. The van der Waals surface area contributed by atoms with Gasteiger partial charge in [0.2, 0.25) is 15.9 Å². The number of aromatic nitrogens is 2. The second-order valence-electron chi connectivity index (χ2n) is 5.65. The minimum atomic E-state index is -3.58. The van der Waals surface area contributed by atoms with Gasteiger partial charge in [-0.15, -0.1) is 0 Å². The molecule has 0 N–H and O–H groups in total. The molecule has 8 heteroatoms. The van der Waals surface area contributed by atoms with Crippen LogP contribution in [0.15, 0.2) is 47.8 Å². The zero-order valence-electron chi connectivity index (χ0n) is 14.0. The lowest BCUT2D eigenvalue weighted by Crippen LogP contribution is -2.41. The highest BCUT2D eigenvalue weighted by atomic mass is 32.2. The fraction of sp³-hybridized carbons (Fsp3) is 0.412. The molecule has 1 aliphatic heterocycles. The molecule has 134 valence electrons. The van der Waals surface area contributed by atoms with Crippen LogP contribution in [0.4, 0.5) is 0 Å². The molecule has 1 saturated heterocycles. The Bertz CT molecular complexity index is 791. The van der Waals surface area contributed by atoms with Crippen molar-refractivity contribution in [3.63, 3.8) is 0 Å². The molecule has 2 heterocycles. The number of hydrogen-bond acceptors (Lipinski definition) is 6. The summed E-state index contributed by atoms with van der Waals surface area (Å²) in [4.78, 5) is 8.10. The molecular formula is C17H21N3O4S. The fourth-order valence-electron chi connectivity index (χ4n) is 2.79. The smallest absolute Gasteiger partial charge is 0.246 e. The molecule has 1 aromatic carbocycles. The molecule has 0 bridgehead atoms. The first-order valence-electron chi connectivity index (χ1n) is 8.26. The Labute approximate surface area is 147 Å². The standard InChI is InChI=1S/C17H21N3O4S/c1-2-23-15-5-3-4-6-16(15)25(21,22)20-11-8-14(9-12-20)24-17-7-10-18-13-19-17/h3-7,10,13-14H,2,8-9,11-12H2,1H3. The van der Waals surface area contributed by atoms with Crippen LogP contribution in [0.2, 0.25) is 0 Å². The molecule has 25 heavy (non-hydrogen) atoms. The predicted octanol–water partition coefficient (Wildman–Crippen LogP) is 2.11. The lowest BCUT2D eigenvalue weighted by Gasteiger charge is -2.31. The highest BCUT2D eigenvalue weighted by Gasteiger charge is 2.32. The molecule has 0 aliphatic carbocycles. The topological polar surface area (TPSA) is 81.6 Å². The van der Waals surface area contributed by atoms with Gasteiger partial charge in [-0.25, -0.2) is 18.4 Å². The molecule has 0 amide bonds. The van der Waals surface area contributed by atoms with Crippen LogP contribution in [0.3, 0.4) is 0 Å². The van der Waals surface area contributed by atoms with Gasteiger partial charge in [-0.3, -0.25) is 0 Å². The van der Waals surface area contributed by atoms with E-state index in [4.69, 9.17) is 9.47 Å². The van der Waals surface area contributed by atoms with Crippen molar-refractivity contribution >= 4 is 10.0 Å². The van der Waals surface area contributed by atoms with Crippen molar-refractivity contribution in [2.45, 2.75) is 30.8 Å². The molecule has 7 nitrogen and oxygen atoms in total. The fourth-order valence-corrected chi connectivity index (χ4v) is 4.39. The summed E-state index contributed by atoms with van der Waals surface area (Å²) in [6.07, 6.45) is 4.22. The Hall–Kier alpha value is -2.19. The number of piperidine rings is 1. The van der Waals surface area contributed by atoms with Gasteiger partial charge in [0, 0.05) is 25.4 Å². The summed E-state index contributed by atoms with van der Waals surface area (Å²) in [5, 5.41) is 0. The van der Waals surface area contributed by atoms with Crippen LogP contribution in [0.1, 0.15) is 19.8 Å². The molecule has 0 unspecified atom stereocenters. The first-order chi connectivity index (χ1) is 12.1. The van der Waals surface area contributed by atoms with Gasteiger partial charge >= 0.3 is 0 Å². The Morgan fingerprint density at radius 2 is 1.96 bits per heavy atom. The van der Waals surface area contributed by atoms with Crippen molar-refractivity contribution in [3.05, 3.63) is 42.9 Å². The van der Waals surface area contributed by atoms with E-state index in [2.05, 4.69) is 9.97 Å². The van der Waals surface area contributed by atoms with Crippen LogP contribution in [0, 0.1) is 0 Å². The van der Waals surface area contributed by atoms with Crippen LogP contribution in [-0.4, -0.2) is 48.5 Å². The number of nitrogens with zero attached hydrogens (tertiary/aromatic N) is 3. The van der Waals surface area contributed by atoms with Gasteiger partial charge in [0.25, 0.3) is 0 Å². The predicted molar refractivity (Wildman–Crippen MR) is 92.1 cm³/mol. The molecule has 0 saturated carbocycles. The average Bonchev–Trinajstić information content (AvgIpc) is 2.64. The first-order valence-corrected chi connectivity index (χ1v) is 9.70. The second-order valence-corrected chi connectivity index (χ2v) is 7.56. The number of para-hydroxylation sites is 1. The number of sulfonamides is 1. The minimum Gasteiger partial charge on any atom is -0.492 e. The van der Waals surface area contributed by atoms with Crippen molar-refractivity contribution in [2.75, 3.05) is 19.7 Å². The van der Waals surface area contributed by atoms with Crippen molar-refractivity contribution in [3.8, 4) is 11.6 Å². The van der Waals surface area contributed by atoms with Crippen molar-refractivity contribution < 1.29 is 17.9 Å². The Kier molecular flexibility index (Phi) is 5.50. The third kappa shape index (κ3) is 4.08. The van der Waals surface area contributed by atoms with Gasteiger partial charge < -0.3 is 9.47 Å². The quantitative estimate of drug-likeness (QED) is 0.782. The molecule has 0 radical (unpaired) electrons. The molecular weight excluding hydrogens is 342 g/mol. The summed E-state index contributed by atoms with van der Waals surface area (Å²) in [5.41, 5.74) is 0. The summed E-state index contributed by atoms with van der Waals surface area (Å²) in [6.45, 7) is 3.05. The summed E-state index contributed by atoms with van der Waals surface area (Å²) < 4.78 is 38.6. The molecule has 3 rings (SSSR count). The van der Waals surface area contributed by atoms with E-state index in [0.717, 1.165) is 0 Å². The highest BCUT2D eigenvalue weighted by Crippen LogP contribution is 2.29. The van der Waals surface area contributed by atoms with E-state index >= 15 is 0 Å². The lowest BCUT2D eigenvalue weighted by atomic mass is 10.1. The molecule has 0 spiro atoms.